The highest BCUT2D eigenvalue weighted by molar-refractivity contribution is 9.10. The summed E-state index contributed by atoms with van der Waals surface area (Å²) < 4.78 is 2.88. The van der Waals surface area contributed by atoms with Crippen LogP contribution in [0.2, 0.25) is 0 Å². The van der Waals surface area contributed by atoms with Gasteiger partial charge in [0.1, 0.15) is 26.3 Å². The molecule has 0 bridgehead atoms. The van der Waals surface area contributed by atoms with E-state index in [2.05, 4.69) is 22.9 Å². The Hall–Kier alpha value is -2.89. The molecule has 3 aromatic carbocycles. The van der Waals surface area contributed by atoms with Gasteiger partial charge >= 0.3 is 0 Å². The quantitative estimate of drug-likeness (QED) is 0.262. The van der Waals surface area contributed by atoms with Crippen LogP contribution in [-0.2, 0) is 0 Å². The van der Waals surface area contributed by atoms with Gasteiger partial charge in [-0.1, -0.05) is 54.6 Å². The summed E-state index contributed by atoms with van der Waals surface area (Å²) in [5.74, 6) is 0.609. The molecule has 0 aliphatic heterocycles. The smallest absolute Gasteiger partial charge is 0.264 e. The van der Waals surface area contributed by atoms with Gasteiger partial charge in [-0.05, 0) is 47.1 Å². The van der Waals surface area contributed by atoms with Crippen molar-refractivity contribution in [3.05, 3.63) is 88.9 Å². The molecule has 0 aliphatic rings. The molecule has 0 amide bonds. The molecule has 0 atom stereocenters. The van der Waals surface area contributed by atoms with E-state index in [4.69, 9.17) is 4.84 Å². The summed E-state index contributed by atoms with van der Waals surface area (Å²) in [5.41, 5.74) is 3.12. The Bertz CT molecular complexity index is 1210. The molecule has 0 saturated heterocycles. The summed E-state index contributed by atoms with van der Waals surface area (Å²) in [7, 11) is 4.02. The topological polar surface area (TPSA) is 31.2 Å². The first kappa shape index (κ1) is 20.4. The number of nitrogens with zero attached hydrogens (tertiary/aromatic N) is 2. The van der Waals surface area contributed by atoms with Crippen LogP contribution < -0.4 is 4.84 Å². The molecule has 0 aliphatic carbocycles. The lowest BCUT2D eigenvalue weighted by Crippen LogP contribution is -2.42. The van der Waals surface area contributed by atoms with Crippen molar-refractivity contribution in [2.24, 2.45) is 0 Å². The fourth-order valence-corrected chi connectivity index (χ4v) is 3.89. The highest BCUT2D eigenvalue weighted by Crippen LogP contribution is 2.41. The number of quaternary nitrogens is 1. The van der Waals surface area contributed by atoms with Crippen molar-refractivity contribution in [1.29, 1.82) is 0 Å². The van der Waals surface area contributed by atoms with Crippen molar-refractivity contribution in [2.45, 2.75) is 6.92 Å². The second kappa shape index (κ2) is 8.09. The average Bonchev–Trinajstić information content (AvgIpc) is 3.08. The van der Waals surface area contributed by atoms with E-state index in [-0.39, 0.29) is 5.91 Å². The van der Waals surface area contributed by atoms with Gasteiger partial charge in [0.25, 0.3) is 5.91 Å². The number of hydrogen-bond acceptors (Lipinski definition) is 2. The number of para-hydroxylation sites is 1. The Kier molecular flexibility index (Phi) is 5.50. The van der Waals surface area contributed by atoms with Crippen LogP contribution in [0.4, 0.5) is 0 Å². The molecule has 0 spiro atoms. The van der Waals surface area contributed by atoms with Crippen LogP contribution in [0.5, 0.6) is 5.75 Å². The zero-order chi connectivity index (χ0) is 21.3. The first-order valence-corrected chi connectivity index (χ1v) is 10.7. The van der Waals surface area contributed by atoms with E-state index in [1.54, 1.807) is 4.57 Å². The van der Waals surface area contributed by atoms with E-state index < -0.39 is 0 Å². The third-order valence-corrected chi connectivity index (χ3v) is 5.97. The van der Waals surface area contributed by atoms with Crippen molar-refractivity contribution < 1.29 is 14.3 Å². The number of fused-ring (bicyclic) bond motifs is 1. The number of carbonyl (C=O) groups is 1. The second-order valence-electron chi connectivity index (χ2n) is 7.66. The van der Waals surface area contributed by atoms with Gasteiger partial charge in [-0.2, -0.15) is 0 Å². The molecule has 4 rings (SSSR count). The largest absolute Gasteiger partial charge is 0.313 e. The maximum Gasteiger partial charge on any atom is 0.264 e. The number of hydrogen-bond donors (Lipinski definition) is 0. The highest BCUT2D eigenvalue weighted by Gasteiger charge is 2.29. The summed E-state index contributed by atoms with van der Waals surface area (Å²) in [4.78, 5) is 20.3. The van der Waals surface area contributed by atoms with Crippen LogP contribution in [0.3, 0.4) is 0 Å². The zero-order valence-electron chi connectivity index (χ0n) is 17.3. The maximum atomic E-state index is 13.8. The van der Waals surface area contributed by atoms with Gasteiger partial charge in [-0.15, -0.1) is 4.65 Å². The molecule has 0 saturated carbocycles. The van der Waals surface area contributed by atoms with Crippen LogP contribution in [0.15, 0.2) is 83.3 Å². The molecule has 152 valence electrons. The number of hydroxylamine groups is 3. The van der Waals surface area contributed by atoms with Gasteiger partial charge < -0.3 is 4.84 Å². The Morgan fingerprint density at radius 3 is 2.27 bits per heavy atom. The lowest BCUT2D eigenvalue weighted by molar-refractivity contribution is -1.05. The summed E-state index contributed by atoms with van der Waals surface area (Å²) >= 11 is 3.54. The molecule has 30 heavy (non-hydrogen) atoms. The van der Waals surface area contributed by atoms with Gasteiger partial charge in [0.2, 0.25) is 5.75 Å². The lowest BCUT2D eigenvalue weighted by Gasteiger charge is -2.26. The fourth-order valence-electron chi connectivity index (χ4n) is 3.44. The van der Waals surface area contributed by atoms with Gasteiger partial charge in [-0.25, -0.2) is 0 Å². The number of rotatable bonds is 5. The third-order valence-electron chi connectivity index (χ3n) is 5.28. The Morgan fingerprint density at radius 2 is 1.57 bits per heavy atom. The molecule has 0 N–H and O–H groups in total. The van der Waals surface area contributed by atoms with Crippen LogP contribution in [0.1, 0.15) is 17.3 Å². The van der Waals surface area contributed by atoms with E-state index >= 15 is 0 Å². The molecular formula is C25H24BrN2O2+. The van der Waals surface area contributed by atoms with Crippen molar-refractivity contribution >= 4 is 32.7 Å². The van der Waals surface area contributed by atoms with E-state index in [0.29, 0.717) is 16.0 Å². The monoisotopic (exact) mass is 463 g/mol. The third kappa shape index (κ3) is 3.66. The van der Waals surface area contributed by atoms with Gasteiger partial charge in [0.05, 0.1) is 16.5 Å². The first-order chi connectivity index (χ1) is 14.4. The van der Waals surface area contributed by atoms with Crippen molar-refractivity contribution in [2.75, 3.05) is 20.6 Å². The van der Waals surface area contributed by atoms with Crippen LogP contribution in [-0.4, -0.2) is 35.8 Å². The van der Waals surface area contributed by atoms with E-state index in [1.165, 1.54) is 0 Å². The highest BCUT2D eigenvalue weighted by atomic mass is 79.9. The summed E-state index contributed by atoms with van der Waals surface area (Å²) in [6.07, 6.45) is 0. The average molecular weight is 464 g/mol. The molecule has 0 fully saturated rings. The van der Waals surface area contributed by atoms with Crippen molar-refractivity contribution in [3.63, 3.8) is 0 Å². The molecule has 0 radical (unpaired) electrons. The molecule has 0 unspecified atom stereocenters. The predicted molar refractivity (Wildman–Crippen MR) is 125 cm³/mol. The minimum absolute atomic E-state index is 0.103. The number of carbonyl (C=O) groups excluding carboxylic acids is 1. The zero-order valence-corrected chi connectivity index (χ0v) is 18.9. The molecule has 4 aromatic rings. The van der Waals surface area contributed by atoms with Gasteiger partial charge in [0.15, 0.2) is 0 Å². The predicted octanol–water partition coefficient (Wildman–Crippen LogP) is 6.15. The SMILES string of the molecule is CC[N+](C)(C)Oc1c(-c2ccccc2)n(C(=O)c2ccccc2Br)c2ccccc12. The van der Waals surface area contributed by atoms with Crippen molar-refractivity contribution in [1.82, 2.24) is 4.57 Å². The Balaban J connectivity index is 2.07. The van der Waals surface area contributed by atoms with E-state index in [9.17, 15) is 4.79 Å². The summed E-state index contributed by atoms with van der Waals surface area (Å²) in [5, 5.41) is 0.913. The first-order valence-electron chi connectivity index (χ1n) is 9.93. The molecule has 5 heteroatoms. The van der Waals surface area contributed by atoms with Crippen LogP contribution in [0.25, 0.3) is 22.2 Å². The van der Waals surface area contributed by atoms with Crippen molar-refractivity contribution in [3.8, 4) is 17.0 Å². The van der Waals surface area contributed by atoms with Crippen LogP contribution >= 0.6 is 15.9 Å². The van der Waals surface area contributed by atoms with Gasteiger partial charge in [-0.3, -0.25) is 9.36 Å². The standard InChI is InChI=1S/C25H24BrN2O2/c1-4-28(2,3)30-24-20-15-9-11-17-22(20)27(23(24)18-12-6-5-7-13-18)25(29)19-14-8-10-16-21(19)26/h5-17H,4H2,1-3H3/q+1. The molecule has 4 nitrogen and oxygen atoms in total. The van der Waals surface area contributed by atoms with Gasteiger partial charge in [0, 0.05) is 10.0 Å². The lowest BCUT2D eigenvalue weighted by atomic mass is 10.1. The van der Waals surface area contributed by atoms with E-state index in [1.807, 2.05) is 93.0 Å². The molecular weight excluding hydrogens is 440 g/mol. The Morgan fingerprint density at radius 1 is 0.933 bits per heavy atom. The number of aromatic nitrogens is 1. The molecule has 1 heterocycles. The summed E-state index contributed by atoms with van der Waals surface area (Å²) in [6.45, 7) is 2.86. The fraction of sp³-hybridized carbons (Fsp3) is 0.160. The van der Waals surface area contributed by atoms with E-state index in [0.717, 1.165) is 33.2 Å². The maximum absolute atomic E-state index is 13.8. The number of benzene rings is 3. The number of halogens is 1. The molecule has 1 aromatic heterocycles. The minimum Gasteiger partial charge on any atom is -0.313 e. The Labute approximate surface area is 185 Å². The summed E-state index contributed by atoms with van der Waals surface area (Å²) in [6, 6.07) is 25.3. The van der Waals surface area contributed by atoms with Crippen LogP contribution in [0, 0.1) is 0 Å². The normalized spacial score (nSPS) is 11.6. The minimum atomic E-state index is -0.103. The second-order valence-corrected chi connectivity index (χ2v) is 8.52.